The van der Waals surface area contributed by atoms with Gasteiger partial charge >= 0.3 is 0 Å². The Labute approximate surface area is 146 Å². The van der Waals surface area contributed by atoms with E-state index in [-0.39, 0.29) is 11.1 Å². The van der Waals surface area contributed by atoms with E-state index in [0.717, 1.165) is 24.1 Å². The summed E-state index contributed by atoms with van der Waals surface area (Å²) in [6.07, 6.45) is 13.5. The average Bonchev–Trinajstić information content (AvgIpc) is 3.06. The van der Waals surface area contributed by atoms with Crippen LogP contribution >= 0.6 is 0 Å². The maximum atomic E-state index is 11.9. The van der Waals surface area contributed by atoms with Crippen LogP contribution in [0.3, 0.4) is 0 Å². The van der Waals surface area contributed by atoms with E-state index in [1.165, 1.54) is 19.3 Å². The number of rotatable bonds is 3. The molecule has 25 heavy (non-hydrogen) atoms. The van der Waals surface area contributed by atoms with E-state index >= 15 is 0 Å². The van der Waals surface area contributed by atoms with E-state index in [4.69, 9.17) is 12.2 Å². The number of aromatic amines is 1. The van der Waals surface area contributed by atoms with E-state index in [9.17, 15) is 4.79 Å². The van der Waals surface area contributed by atoms with Gasteiger partial charge < -0.3 is 16.0 Å². The van der Waals surface area contributed by atoms with E-state index < -0.39 is 5.91 Å². The number of anilines is 1. The summed E-state index contributed by atoms with van der Waals surface area (Å²) in [5.74, 6) is 4.41. The first-order valence-electron chi connectivity index (χ1n) is 8.96. The Morgan fingerprint density at radius 3 is 2.76 bits per heavy atom. The molecule has 2 atom stereocenters. The molecule has 4 saturated carbocycles. The smallest absolute Gasteiger partial charge is 0.271 e. The number of fused-ring (bicyclic) bond motifs is 1. The SMILES string of the molecule is C#CC12CC3CC(C1)C(Nc1c(C(N)=O)nnc4[nH]ccc14)C(C3)C2. The summed E-state index contributed by atoms with van der Waals surface area (Å²) in [5, 5.41) is 12.6. The number of nitrogens with zero attached hydrogens (tertiary/aromatic N) is 2. The number of primary amides is 1. The minimum Gasteiger partial charge on any atom is -0.379 e. The van der Waals surface area contributed by atoms with Crippen LogP contribution in [-0.2, 0) is 0 Å². The Morgan fingerprint density at radius 1 is 1.32 bits per heavy atom. The van der Waals surface area contributed by atoms with Crippen molar-refractivity contribution in [1.82, 2.24) is 15.2 Å². The van der Waals surface area contributed by atoms with Gasteiger partial charge in [0.05, 0.1) is 5.69 Å². The Kier molecular flexibility index (Phi) is 2.94. The van der Waals surface area contributed by atoms with Crippen LogP contribution in [0.5, 0.6) is 0 Å². The standard InChI is InChI=1S/C19H21N5O/c1-2-19-7-10-5-11(8-19)14(12(6-10)9-19)22-15-13-3-4-21-18(13)24-23-16(15)17(20)25/h1,3-4,10-12,14H,5-9H2,(H2,20,25)(H2,21,22,24). The molecular weight excluding hydrogens is 314 g/mol. The zero-order chi connectivity index (χ0) is 17.2. The zero-order valence-corrected chi connectivity index (χ0v) is 14.0. The fraction of sp³-hybridized carbons (Fsp3) is 0.526. The first-order chi connectivity index (χ1) is 12.1. The lowest BCUT2D eigenvalue weighted by Gasteiger charge is -2.58. The molecule has 0 spiro atoms. The summed E-state index contributed by atoms with van der Waals surface area (Å²) in [6.45, 7) is 0. The minimum absolute atomic E-state index is 0.0983. The van der Waals surface area contributed by atoms with Crippen molar-refractivity contribution in [2.75, 3.05) is 5.32 Å². The van der Waals surface area contributed by atoms with E-state index in [1.807, 2.05) is 6.07 Å². The first kappa shape index (κ1) is 14.8. The van der Waals surface area contributed by atoms with Crippen LogP contribution in [0.25, 0.3) is 11.0 Å². The van der Waals surface area contributed by atoms with E-state index in [1.54, 1.807) is 6.20 Å². The fourth-order valence-corrected chi connectivity index (χ4v) is 5.84. The third-order valence-electron chi connectivity index (χ3n) is 6.61. The number of terminal acetylenes is 1. The van der Waals surface area contributed by atoms with Crippen molar-refractivity contribution in [3.8, 4) is 12.3 Å². The van der Waals surface area contributed by atoms with Crippen molar-refractivity contribution in [3.63, 3.8) is 0 Å². The number of hydrogen-bond acceptors (Lipinski definition) is 4. The molecule has 4 aliphatic carbocycles. The predicted molar refractivity (Wildman–Crippen MR) is 94.6 cm³/mol. The number of aromatic nitrogens is 3. The third-order valence-corrected chi connectivity index (χ3v) is 6.61. The molecule has 6 heteroatoms. The van der Waals surface area contributed by atoms with Crippen molar-refractivity contribution < 1.29 is 4.79 Å². The maximum Gasteiger partial charge on any atom is 0.271 e. The second kappa shape index (κ2) is 4.98. The van der Waals surface area contributed by atoms with Gasteiger partial charge in [0.25, 0.3) is 5.91 Å². The number of carbonyl (C=O) groups is 1. The normalized spacial score (nSPS) is 35.6. The molecule has 2 aromatic heterocycles. The molecule has 1 amide bonds. The first-order valence-corrected chi connectivity index (χ1v) is 8.96. The molecule has 2 aromatic rings. The molecule has 0 aromatic carbocycles. The summed E-state index contributed by atoms with van der Waals surface area (Å²) < 4.78 is 0. The number of H-pyrrole nitrogens is 1. The third kappa shape index (κ3) is 2.08. The van der Waals surface area contributed by atoms with Crippen LogP contribution < -0.4 is 11.1 Å². The largest absolute Gasteiger partial charge is 0.379 e. The highest BCUT2D eigenvalue weighted by atomic mass is 16.1. The Morgan fingerprint density at radius 2 is 2.08 bits per heavy atom. The van der Waals surface area contributed by atoms with Gasteiger partial charge in [-0.15, -0.1) is 16.6 Å². The van der Waals surface area contributed by atoms with Crippen molar-refractivity contribution in [2.24, 2.45) is 28.9 Å². The molecule has 4 N–H and O–H groups in total. The van der Waals surface area contributed by atoms with Crippen LogP contribution in [-0.4, -0.2) is 27.1 Å². The second-order valence-corrected chi connectivity index (χ2v) is 8.09. The molecule has 2 heterocycles. The Bertz CT molecular complexity index is 894. The van der Waals surface area contributed by atoms with Gasteiger partial charge in [0.15, 0.2) is 11.3 Å². The molecular formula is C19H21N5O. The maximum absolute atomic E-state index is 11.9. The van der Waals surface area contributed by atoms with Gasteiger partial charge in [-0.05, 0) is 55.9 Å². The molecule has 128 valence electrons. The molecule has 2 unspecified atom stereocenters. The van der Waals surface area contributed by atoms with Gasteiger partial charge in [-0.25, -0.2) is 0 Å². The number of nitrogens with two attached hydrogens (primary N) is 1. The molecule has 4 fully saturated rings. The molecule has 0 radical (unpaired) electrons. The minimum atomic E-state index is -0.554. The number of carbonyl (C=O) groups excluding carboxylic acids is 1. The summed E-state index contributed by atoms with van der Waals surface area (Å²) >= 11 is 0. The highest BCUT2D eigenvalue weighted by molar-refractivity contribution is 6.04. The van der Waals surface area contributed by atoms with Gasteiger partial charge in [-0.1, -0.05) is 5.92 Å². The Balaban J connectivity index is 1.54. The summed E-state index contributed by atoms with van der Waals surface area (Å²) in [7, 11) is 0. The van der Waals surface area contributed by atoms with Gasteiger partial charge in [0.1, 0.15) is 0 Å². The van der Waals surface area contributed by atoms with Crippen LogP contribution in [0.15, 0.2) is 12.3 Å². The Hall–Kier alpha value is -2.55. The lowest BCUT2D eigenvalue weighted by Crippen LogP contribution is -2.55. The molecule has 6 rings (SSSR count). The molecule has 0 aliphatic heterocycles. The summed E-state index contributed by atoms with van der Waals surface area (Å²) in [6, 6.07) is 2.23. The van der Waals surface area contributed by atoms with Gasteiger partial charge in [-0.3, -0.25) is 4.79 Å². The summed E-state index contributed by atoms with van der Waals surface area (Å²) in [5.41, 5.74) is 7.24. The number of nitrogens with one attached hydrogen (secondary N) is 2. The van der Waals surface area contributed by atoms with Gasteiger partial charge in [-0.2, -0.15) is 0 Å². The van der Waals surface area contributed by atoms with Gasteiger partial charge in [0.2, 0.25) is 0 Å². The van der Waals surface area contributed by atoms with Crippen LogP contribution in [0, 0.1) is 35.5 Å². The monoisotopic (exact) mass is 335 g/mol. The van der Waals surface area contributed by atoms with Crippen molar-refractivity contribution >= 4 is 22.6 Å². The van der Waals surface area contributed by atoms with Crippen LogP contribution in [0.1, 0.15) is 42.6 Å². The van der Waals surface area contributed by atoms with Gasteiger partial charge in [0, 0.05) is 23.0 Å². The van der Waals surface area contributed by atoms with Crippen LogP contribution in [0.2, 0.25) is 0 Å². The second-order valence-electron chi connectivity index (χ2n) is 8.09. The average molecular weight is 335 g/mol. The highest BCUT2D eigenvalue weighted by Crippen LogP contribution is 2.60. The fourth-order valence-electron chi connectivity index (χ4n) is 5.84. The zero-order valence-electron chi connectivity index (χ0n) is 14.0. The number of hydrogen-bond donors (Lipinski definition) is 3. The highest BCUT2D eigenvalue weighted by Gasteiger charge is 2.54. The molecule has 6 nitrogen and oxygen atoms in total. The number of amides is 1. The molecule has 4 bridgehead atoms. The van der Waals surface area contributed by atoms with Crippen molar-refractivity contribution in [1.29, 1.82) is 0 Å². The molecule has 0 saturated heterocycles. The lowest BCUT2D eigenvalue weighted by atomic mass is 9.48. The lowest BCUT2D eigenvalue weighted by molar-refractivity contribution is -0.0284. The quantitative estimate of drug-likeness (QED) is 0.750. The summed E-state index contributed by atoms with van der Waals surface area (Å²) in [4.78, 5) is 14.9. The van der Waals surface area contributed by atoms with Crippen LogP contribution in [0.4, 0.5) is 5.69 Å². The van der Waals surface area contributed by atoms with Crippen molar-refractivity contribution in [3.05, 3.63) is 18.0 Å². The van der Waals surface area contributed by atoms with Crippen molar-refractivity contribution in [2.45, 2.75) is 38.1 Å². The topological polar surface area (TPSA) is 96.7 Å². The molecule has 4 aliphatic rings. The van der Waals surface area contributed by atoms with E-state index in [2.05, 4.69) is 26.4 Å². The predicted octanol–water partition coefficient (Wildman–Crippen LogP) is 2.30. The van der Waals surface area contributed by atoms with E-state index in [0.29, 0.717) is 29.2 Å².